The molecule has 2 aliphatic rings. The second-order valence-electron chi connectivity index (χ2n) is 12.6. The van der Waals surface area contributed by atoms with Gasteiger partial charge in [0.15, 0.2) is 17.7 Å². The topological polar surface area (TPSA) is 259 Å². The van der Waals surface area contributed by atoms with Crippen LogP contribution < -0.4 is 19.5 Å². The van der Waals surface area contributed by atoms with E-state index in [2.05, 4.69) is 5.32 Å². The summed E-state index contributed by atoms with van der Waals surface area (Å²) in [6.07, 6.45) is 7.15. The largest absolute Gasteiger partial charge is 0.480 e. The first-order valence-corrected chi connectivity index (χ1v) is 21.3. The van der Waals surface area contributed by atoms with Crippen LogP contribution in [-0.2, 0) is 46.5 Å². The summed E-state index contributed by atoms with van der Waals surface area (Å²) in [5, 5.41) is 12.8. The Labute approximate surface area is 311 Å². The molecular weight excluding hydrogens is 771 g/mol. The van der Waals surface area contributed by atoms with Crippen molar-refractivity contribution < 1.29 is 67.3 Å². The van der Waals surface area contributed by atoms with Crippen molar-refractivity contribution in [2.75, 3.05) is 35.2 Å². The predicted molar refractivity (Wildman–Crippen MR) is 195 cm³/mol. The molecule has 1 unspecified atom stereocenters. The molecule has 5 rings (SSSR count). The highest BCUT2D eigenvalue weighted by Gasteiger charge is 2.48. The summed E-state index contributed by atoms with van der Waals surface area (Å²) in [7, 11) is -12.9. The van der Waals surface area contributed by atoms with Crippen molar-refractivity contribution in [1.29, 1.82) is 0 Å². The molecule has 20 heteroatoms. The second-order valence-corrected chi connectivity index (χ2v) is 17.4. The van der Waals surface area contributed by atoms with Crippen molar-refractivity contribution >= 4 is 65.1 Å². The van der Waals surface area contributed by atoms with Crippen molar-refractivity contribution in [2.24, 2.45) is 5.41 Å². The van der Waals surface area contributed by atoms with Gasteiger partial charge in [0, 0.05) is 25.6 Å². The highest BCUT2D eigenvalue weighted by molar-refractivity contribution is 7.86. The molecule has 0 fully saturated rings. The smallest absolute Gasteiger partial charge is 0.374 e. The average molecular weight is 809 g/mol. The normalized spacial score (nSPS) is 19.3. The van der Waals surface area contributed by atoms with Crippen molar-refractivity contribution in [3.8, 4) is 5.75 Å². The number of nitrogens with one attached hydrogen (secondary N) is 1. The van der Waals surface area contributed by atoms with Crippen LogP contribution in [0.1, 0.15) is 31.6 Å². The maximum Gasteiger partial charge on any atom is 0.374 e. The van der Waals surface area contributed by atoms with E-state index in [0.717, 1.165) is 0 Å². The number of para-hydroxylation sites is 4. The highest BCUT2D eigenvalue weighted by Crippen LogP contribution is 2.42. The molecule has 1 aliphatic carbocycles. The first kappa shape index (κ1) is 40.3. The standard InChI is InChI=1S/C34H37N3O14S3/c38-32(35-15-20-54(47,48)49)34(33(39)40)22-24(11-13-30-36(16-5-18-52(41,42)43)26-7-1-3-9-28(26)50-30)21-25(23-34)12-14-31-37(17-6-19-53(44,45)46)27-8-2-4-10-29(27)51-31/h1-4,7-14,21H,5-6,15-20,22-23H2,(H4-,35,38,39,40,41,42,43,44,45,46,47,48,49)/p+1. The molecule has 54 heavy (non-hydrogen) atoms. The Morgan fingerprint density at radius 2 is 1.52 bits per heavy atom. The molecule has 1 aliphatic heterocycles. The number of ether oxygens (including phenoxy) is 1. The maximum absolute atomic E-state index is 13.6. The molecule has 3 aromatic rings. The van der Waals surface area contributed by atoms with Gasteiger partial charge in [0.25, 0.3) is 35.9 Å². The molecule has 2 aromatic carbocycles. The summed E-state index contributed by atoms with van der Waals surface area (Å²) in [6, 6.07) is 13.9. The van der Waals surface area contributed by atoms with E-state index < -0.39 is 71.4 Å². The number of amides is 1. The number of allylic oxidation sites excluding steroid dienone is 6. The van der Waals surface area contributed by atoms with Crippen molar-refractivity contribution in [3.05, 3.63) is 95.8 Å². The zero-order valence-electron chi connectivity index (χ0n) is 28.6. The Morgan fingerprint density at radius 1 is 0.852 bits per heavy atom. The number of anilines is 1. The fourth-order valence-electron chi connectivity index (χ4n) is 6.17. The first-order chi connectivity index (χ1) is 25.3. The van der Waals surface area contributed by atoms with E-state index in [9.17, 15) is 49.1 Å². The summed E-state index contributed by atoms with van der Waals surface area (Å²) in [5.41, 5.74) is 0.230. The molecule has 0 bridgehead atoms. The van der Waals surface area contributed by atoms with Crippen molar-refractivity contribution in [2.45, 2.75) is 32.2 Å². The SMILES string of the molecule is O=C(O)C1(C(=O)NCCS(=O)(=O)O)CC(/C=C/c2oc3ccccc3[n+]2CCCS(=O)(=O)O)=CC(=C/C=C2\Oc3ccccc3N2CCCS(=O)(=O)O)/C1. The molecule has 0 saturated carbocycles. The van der Waals surface area contributed by atoms with Crippen LogP contribution in [0.15, 0.2) is 94.3 Å². The number of fused-ring (bicyclic) bond motifs is 2. The van der Waals surface area contributed by atoms with E-state index >= 15 is 0 Å². The molecule has 0 spiro atoms. The Morgan fingerprint density at radius 3 is 2.22 bits per heavy atom. The Balaban J connectivity index is 1.53. The lowest BCUT2D eigenvalue weighted by atomic mass is 9.71. The van der Waals surface area contributed by atoms with Crippen LogP contribution in [0.2, 0.25) is 0 Å². The zero-order chi connectivity index (χ0) is 39.3. The zero-order valence-corrected chi connectivity index (χ0v) is 31.0. The summed E-state index contributed by atoms with van der Waals surface area (Å²) in [5.74, 6) is -3.40. The minimum Gasteiger partial charge on any atom is -0.480 e. The molecule has 0 radical (unpaired) electrons. The van der Waals surface area contributed by atoms with Gasteiger partial charge in [0.05, 0.1) is 29.0 Å². The van der Waals surface area contributed by atoms with E-state index in [1.807, 2.05) is 0 Å². The monoisotopic (exact) mass is 808 g/mol. The predicted octanol–water partition coefficient (Wildman–Crippen LogP) is 2.75. The van der Waals surface area contributed by atoms with Gasteiger partial charge in [-0.2, -0.15) is 29.8 Å². The van der Waals surface area contributed by atoms with Gasteiger partial charge in [-0.3, -0.25) is 23.2 Å². The van der Waals surface area contributed by atoms with E-state index in [0.29, 0.717) is 33.7 Å². The summed E-state index contributed by atoms with van der Waals surface area (Å²) >= 11 is 0. The lowest BCUT2D eigenvalue weighted by Gasteiger charge is -2.32. The van der Waals surface area contributed by atoms with E-state index in [1.165, 1.54) is 24.3 Å². The lowest BCUT2D eigenvalue weighted by Crippen LogP contribution is -2.49. The molecule has 2 heterocycles. The summed E-state index contributed by atoms with van der Waals surface area (Å²) in [4.78, 5) is 28.2. The van der Waals surface area contributed by atoms with Gasteiger partial charge < -0.3 is 24.5 Å². The van der Waals surface area contributed by atoms with Crippen LogP contribution in [0, 0.1) is 5.41 Å². The molecular formula is C34H38N3O14S3+. The number of aromatic nitrogens is 1. The van der Waals surface area contributed by atoms with Crippen LogP contribution >= 0.6 is 0 Å². The molecule has 1 atom stereocenters. The van der Waals surface area contributed by atoms with Crippen LogP contribution in [0.25, 0.3) is 17.2 Å². The number of aryl methyl sites for hydroxylation is 1. The molecule has 1 aromatic heterocycles. The third-order valence-corrected chi connectivity index (χ3v) is 10.9. The Hall–Kier alpha value is -4.86. The van der Waals surface area contributed by atoms with E-state index in [-0.39, 0.29) is 50.5 Å². The fraction of sp³-hybridized carbons (Fsp3) is 0.324. The number of carbonyl (C=O) groups is 2. The maximum atomic E-state index is 13.6. The number of nitrogens with zero attached hydrogens (tertiary/aromatic N) is 2. The minimum absolute atomic E-state index is 0.0444. The minimum atomic E-state index is -4.47. The number of carbonyl (C=O) groups excluding carboxylic acids is 1. The van der Waals surface area contributed by atoms with Gasteiger partial charge in [-0.05, 0) is 60.8 Å². The lowest BCUT2D eigenvalue weighted by molar-refractivity contribution is -0.677. The number of oxazole rings is 1. The van der Waals surface area contributed by atoms with E-state index in [4.69, 9.17) is 13.7 Å². The molecule has 1 amide bonds. The molecule has 5 N–H and O–H groups in total. The molecule has 17 nitrogen and oxygen atoms in total. The molecule has 0 saturated heterocycles. The third kappa shape index (κ3) is 10.4. The number of carboxylic acids is 1. The quantitative estimate of drug-likeness (QED) is 0.0792. The van der Waals surface area contributed by atoms with Gasteiger partial charge in [0.1, 0.15) is 0 Å². The number of carboxylic acid groups (broad SMARTS) is 1. The number of aliphatic carboxylic acids is 1. The third-order valence-electron chi connectivity index (χ3n) is 8.59. The number of benzene rings is 2. The van der Waals surface area contributed by atoms with Crippen LogP contribution in [-0.4, -0.2) is 86.2 Å². The van der Waals surface area contributed by atoms with Gasteiger partial charge >= 0.3 is 11.9 Å². The van der Waals surface area contributed by atoms with Crippen LogP contribution in [0.5, 0.6) is 5.75 Å². The van der Waals surface area contributed by atoms with Gasteiger partial charge in [-0.25, -0.2) is 0 Å². The van der Waals surface area contributed by atoms with E-state index in [1.54, 1.807) is 64.1 Å². The first-order valence-electron chi connectivity index (χ1n) is 16.5. The Bertz CT molecular complexity index is 2400. The Kier molecular flexibility index (Phi) is 12.1. The second kappa shape index (κ2) is 16.2. The highest BCUT2D eigenvalue weighted by atomic mass is 32.2. The fourth-order valence-corrected chi connectivity index (χ4v) is 7.52. The number of hydrogen-bond donors (Lipinski definition) is 5. The molecule has 290 valence electrons. The van der Waals surface area contributed by atoms with Crippen LogP contribution in [0.4, 0.5) is 5.69 Å². The van der Waals surface area contributed by atoms with Crippen molar-refractivity contribution in [3.63, 3.8) is 0 Å². The summed E-state index contributed by atoms with van der Waals surface area (Å²) in [6.45, 7) is -0.295. The van der Waals surface area contributed by atoms with Gasteiger partial charge in [-0.15, -0.1) is 0 Å². The summed E-state index contributed by atoms with van der Waals surface area (Å²) < 4.78 is 109. The van der Waals surface area contributed by atoms with Crippen LogP contribution in [0.3, 0.4) is 0 Å². The van der Waals surface area contributed by atoms with Gasteiger partial charge in [-0.1, -0.05) is 36.4 Å². The van der Waals surface area contributed by atoms with Crippen molar-refractivity contribution in [1.82, 2.24) is 5.32 Å². The average Bonchev–Trinajstić information content (AvgIpc) is 3.62. The number of rotatable bonds is 16. The number of hydrogen-bond acceptors (Lipinski definition) is 11. The van der Waals surface area contributed by atoms with Gasteiger partial charge in [0.2, 0.25) is 17.4 Å².